The molecule has 0 amide bonds. The van der Waals surface area contributed by atoms with E-state index in [1.807, 2.05) is 13.8 Å². The zero-order chi connectivity index (χ0) is 22.7. The van der Waals surface area contributed by atoms with E-state index in [0.717, 1.165) is 0 Å². The SMILES string of the molecule is CC(=O)CC(=O)CC(=O)[O-].CCCC(=O)CC(=O)[O-].CCCC(=O)CC(=O)[O-].[Al+3]. The molecule has 0 aromatic rings. The first-order valence-electron chi connectivity index (χ1n) is 8.49. The number of carbonyl (C=O) groups is 7. The predicted octanol–water partition coefficient (Wildman–Crippen LogP) is -2.71. The molecule has 160 valence electrons. The van der Waals surface area contributed by atoms with Crippen LogP contribution in [0.1, 0.15) is 72.1 Å². The van der Waals surface area contributed by atoms with Gasteiger partial charge in [0.2, 0.25) is 0 Å². The average molecular weight is 428 g/mol. The van der Waals surface area contributed by atoms with Crippen molar-refractivity contribution in [3.05, 3.63) is 0 Å². The molecule has 0 saturated carbocycles. The van der Waals surface area contributed by atoms with Crippen LogP contribution in [0, 0.1) is 0 Å². The van der Waals surface area contributed by atoms with Crippen LogP contribution >= 0.6 is 0 Å². The number of hydrogen-bond acceptors (Lipinski definition) is 10. The summed E-state index contributed by atoms with van der Waals surface area (Å²) in [6.07, 6.45) is 0.232. The number of carbonyl (C=O) groups excluding carboxylic acids is 7. The summed E-state index contributed by atoms with van der Waals surface area (Å²) in [4.78, 5) is 70.7. The van der Waals surface area contributed by atoms with E-state index in [2.05, 4.69) is 0 Å². The van der Waals surface area contributed by atoms with Gasteiger partial charge in [-0.2, -0.15) is 0 Å². The number of carboxylic acid groups (broad SMARTS) is 3. The molecule has 29 heavy (non-hydrogen) atoms. The quantitative estimate of drug-likeness (QED) is 0.233. The molecule has 0 atom stereocenters. The van der Waals surface area contributed by atoms with Gasteiger partial charge in [-0.15, -0.1) is 0 Å². The van der Waals surface area contributed by atoms with Crippen LogP contribution < -0.4 is 15.3 Å². The largest absolute Gasteiger partial charge is 3.00 e. The molecule has 0 unspecified atom stereocenters. The predicted molar refractivity (Wildman–Crippen MR) is 94.8 cm³/mol. The molecular formula is C18H25AlO10. The summed E-state index contributed by atoms with van der Waals surface area (Å²) >= 11 is 0. The van der Waals surface area contributed by atoms with Crippen molar-refractivity contribution in [1.29, 1.82) is 0 Å². The molecular weight excluding hydrogens is 403 g/mol. The maximum absolute atomic E-state index is 10.4. The van der Waals surface area contributed by atoms with Crippen LogP contribution in [-0.4, -0.2) is 58.4 Å². The Morgan fingerprint density at radius 1 is 0.552 bits per heavy atom. The molecule has 0 aliphatic carbocycles. The standard InChI is InChI=1S/C6H8O4.2C6H10O3.Al/c1-4(7)2-5(8)3-6(9)10;2*1-2-3-5(7)4-6(8)9;/h2-3H2,1H3,(H,9,10);2*2-4H2,1H3,(H,8,9);/q;;;+3/p-3. The molecule has 0 aliphatic heterocycles. The van der Waals surface area contributed by atoms with Crippen LogP contribution in [0.2, 0.25) is 0 Å². The van der Waals surface area contributed by atoms with Crippen molar-refractivity contribution in [1.82, 2.24) is 0 Å². The number of rotatable bonds is 12. The number of ketones is 4. The van der Waals surface area contributed by atoms with Crippen LogP contribution in [0.4, 0.5) is 0 Å². The Balaban J connectivity index is -0.000000159. The minimum Gasteiger partial charge on any atom is -0.550 e. The molecule has 0 rings (SSSR count). The number of aliphatic carboxylic acids is 3. The Hall–Kier alpha value is -2.38. The third-order valence-electron chi connectivity index (χ3n) is 2.53. The summed E-state index contributed by atoms with van der Waals surface area (Å²) in [6.45, 7) is 4.88. The molecule has 0 radical (unpaired) electrons. The first-order valence-corrected chi connectivity index (χ1v) is 8.49. The number of hydrogen-bond donors (Lipinski definition) is 0. The summed E-state index contributed by atoms with van der Waals surface area (Å²) < 4.78 is 0. The molecule has 10 nitrogen and oxygen atoms in total. The second-order valence-corrected chi connectivity index (χ2v) is 5.64. The molecule has 0 spiro atoms. The van der Waals surface area contributed by atoms with E-state index in [0.29, 0.717) is 25.7 Å². The molecule has 0 aromatic heterocycles. The Morgan fingerprint density at radius 3 is 1.03 bits per heavy atom. The Labute approximate surface area is 179 Å². The fraction of sp³-hybridized carbons (Fsp3) is 0.611. The second kappa shape index (κ2) is 21.9. The van der Waals surface area contributed by atoms with E-state index in [-0.39, 0.29) is 41.1 Å². The maximum atomic E-state index is 10.4. The van der Waals surface area contributed by atoms with E-state index in [9.17, 15) is 48.9 Å². The van der Waals surface area contributed by atoms with Crippen molar-refractivity contribution in [3.63, 3.8) is 0 Å². The van der Waals surface area contributed by atoms with Crippen molar-refractivity contribution in [3.8, 4) is 0 Å². The number of Topliss-reactive ketones (excluding diaryl/α,β-unsaturated/α-hetero) is 4. The molecule has 0 aromatic carbocycles. The van der Waals surface area contributed by atoms with Gasteiger partial charge >= 0.3 is 17.4 Å². The Morgan fingerprint density at radius 2 is 0.828 bits per heavy atom. The Bertz CT molecular complexity index is 521. The minimum atomic E-state index is -1.44. The third kappa shape index (κ3) is 37.1. The summed E-state index contributed by atoms with van der Waals surface area (Å²) in [5, 5.41) is 29.3. The monoisotopic (exact) mass is 428 g/mol. The summed E-state index contributed by atoms with van der Waals surface area (Å²) in [7, 11) is 0. The normalized spacial score (nSPS) is 8.66. The third-order valence-corrected chi connectivity index (χ3v) is 2.53. The molecule has 0 heterocycles. The molecule has 0 saturated heterocycles. The van der Waals surface area contributed by atoms with Gasteiger partial charge in [0, 0.05) is 50.0 Å². The Kier molecular flexibility index (Phi) is 25.8. The van der Waals surface area contributed by atoms with E-state index in [1.165, 1.54) is 6.92 Å². The van der Waals surface area contributed by atoms with Gasteiger partial charge in [0.25, 0.3) is 0 Å². The van der Waals surface area contributed by atoms with Crippen molar-refractivity contribution < 1.29 is 48.9 Å². The van der Waals surface area contributed by atoms with Crippen molar-refractivity contribution in [2.24, 2.45) is 0 Å². The summed E-state index contributed by atoms with van der Waals surface area (Å²) in [6, 6.07) is 0. The zero-order valence-electron chi connectivity index (χ0n) is 16.8. The van der Waals surface area contributed by atoms with Gasteiger partial charge in [-0.05, 0) is 19.8 Å². The second-order valence-electron chi connectivity index (χ2n) is 5.64. The molecule has 0 aliphatic rings. The zero-order valence-corrected chi connectivity index (χ0v) is 18.0. The first-order chi connectivity index (χ1) is 12.8. The molecule has 0 fully saturated rings. The van der Waals surface area contributed by atoms with Gasteiger partial charge in [-0.25, -0.2) is 0 Å². The van der Waals surface area contributed by atoms with Gasteiger partial charge in [-0.1, -0.05) is 13.8 Å². The van der Waals surface area contributed by atoms with Crippen molar-refractivity contribution >= 4 is 58.4 Å². The van der Waals surface area contributed by atoms with Gasteiger partial charge in [0.15, 0.2) is 0 Å². The number of carboxylic acids is 3. The minimum absolute atomic E-state index is 0. The van der Waals surface area contributed by atoms with Gasteiger partial charge in [-0.3, -0.25) is 19.2 Å². The van der Waals surface area contributed by atoms with Gasteiger partial charge in [0.1, 0.15) is 23.1 Å². The van der Waals surface area contributed by atoms with E-state index in [1.54, 1.807) is 0 Å². The van der Waals surface area contributed by atoms with Crippen molar-refractivity contribution in [2.75, 3.05) is 0 Å². The molecule has 11 heteroatoms. The fourth-order valence-corrected chi connectivity index (χ4v) is 1.56. The van der Waals surface area contributed by atoms with Gasteiger partial charge < -0.3 is 29.7 Å². The average Bonchev–Trinajstić information content (AvgIpc) is 2.45. The summed E-state index contributed by atoms with van der Waals surface area (Å²) in [5.74, 6) is -5.44. The summed E-state index contributed by atoms with van der Waals surface area (Å²) in [5.41, 5.74) is 0. The van der Waals surface area contributed by atoms with E-state index in [4.69, 9.17) is 0 Å². The van der Waals surface area contributed by atoms with E-state index < -0.39 is 43.0 Å². The van der Waals surface area contributed by atoms with Crippen LogP contribution in [0.5, 0.6) is 0 Å². The maximum Gasteiger partial charge on any atom is 3.00 e. The van der Waals surface area contributed by atoms with Crippen LogP contribution in [-0.2, 0) is 33.6 Å². The molecule has 0 bridgehead atoms. The van der Waals surface area contributed by atoms with Crippen LogP contribution in [0.3, 0.4) is 0 Å². The van der Waals surface area contributed by atoms with Crippen molar-refractivity contribution in [2.45, 2.75) is 72.1 Å². The van der Waals surface area contributed by atoms with Crippen LogP contribution in [0.15, 0.2) is 0 Å². The molecule has 0 N–H and O–H groups in total. The van der Waals surface area contributed by atoms with Crippen LogP contribution in [0.25, 0.3) is 0 Å². The van der Waals surface area contributed by atoms with Gasteiger partial charge in [0.05, 0.1) is 6.42 Å². The fourth-order valence-electron chi connectivity index (χ4n) is 1.56. The topological polar surface area (TPSA) is 189 Å². The first kappa shape index (κ1) is 34.2. The smallest absolute Gasteiger partial charge is 0.550 e. The van der Waals surface area contributed by atoms with E-state index >= 15 is 0 Å².